The van der Waals surface area contributed by atoms with Gasteiger partial charge in [0.1, 0.15) is 5.60 Å². The van der Waals surface area contributed by atoms with Crippen LogP contribution in [-0.2, 0) is 15.6 Å². The summed E-state index contributed by atoms with van der Waals surface area (Å²) in [6, 6.07) is 3.70. The number of aliphatic hydroxyl groups is 1. The van der Waals surface area contributed by atoms with E-state index in [1.807, 2.05) is 10.8 Å². The summed E-state index contributed by atoms with van der Waals surface area (Å²) in [5.74, 6) is 0. The summed E-state index contributed by atoms with van der Waals surface area (Å²) in [5, 5.41) is 19.1. The molecule has 0 saturated carbocycles. The summed E-state index contributed by atoms with van der Waals surface area (Å²) in [4.78, 5) is 26.0. The van der Waals surface area contributed by atoms with E-state index >= 15 is 0 Å². The lowest BCUT2D eigenvalue weighted by Gasteiger charge is -2.27. The van der Waals surface area contributed by atoms with Crippen LogP contribution in [0.25, 0.3) is 0 Å². The molecule has 2 aromatic heterocycles. The first kappa shape index (κ1) is 18.8. The van der Waals surface area contributed by atoms with Gasteiger partial charge in [0, 0.05) is 10.4 Å². The molecular weight excluding hydrogens is 398 g/mol. The Hall–Kier alpha value is -1.95. The first-order valence-corrected chi connectivity index (χ1v) is 11.3. The smallest absolute Gasteiger partial charge is 0.341 e. The van der Waals surface area contributed by atoms with Gasteiger partial charge in [0.25, 0.3) is 0 Å². The van der Waals surface area contributed by atoms with E-state index in [4.69, 9.17) is 0 Å². The zero-order valence-electron chi connectivity index (χ0n) is 13.8. The highest BCUT2D eigenvalue weighted by Crippen LogP contribution is 2.33. The Morgan fingerprint density at radius 1 is 1.35 bits per heavy atom. The quantitative estimate of drug-likeness (QED) is 0.769. The van der Waals surface area contributed by atoms with Crippen molar-refractivity contribution >= 4 is 44.8 Å². The summed E-state index contributed by atoms with van der Waals surface area (Å²) in [5.41, 5.74) is -0.792. The van der Waals surface area contributed by atoms with Crippen LogP contribution >= 0.6 is 22.7 Å². The monoisotopic (exact) mass is 415 g/mol. The summed E-state index contributed by atoms with van der Waals surface area (Å²) in [6.45, 7) is -0.260. The Balaban J connectivity index is 1.75. The van der Waals surface area contributed by atoms with Crippen molar-refractivity contribution in [3.8, 4) is 0 Å². The molecule has 11 heteroatoms. The number of hydrogen-bond donors (Lipinski definition) is 2. The van der Waals surface area contributed by atoms with Gasteiger partial charge in [-0.1, -0.05) is 6.07 Å². The van der Waals surface area contributed by atoms with E-state index in [1.54, 1.807) is 23.6 Å². The molecule has 3 rings (SSSR count). The predicted octanol–water partition coefficient (Wildman–Crippen LogP) is 1.45. The minimum absolute atomic E-state index is 0.0341. The van der Waals surface area contributed by atoms with Crippen molar-refractivity contribution < 1.29 is 23.1 Å². The number of rotatable bonds is 5. The fourth-order valence-electron chi connectivity index (χ4n) is 2.66. The SMILES string of the molecule is CS(=O)(=O)N1CCN(C(=O)NCC(O)(c2ccsc2)c2cccs2)C1=O. The molecule has 1 aliphatic rings. The maximum Gasteiger partial charge on any atom is 0.341 e. The molecule has 8 nitrogen and oxygen atoms in total. The van der Waals surface area contributed by atoms with E-state index in [0.717, 1.165) is 11.2 Å². The van der Waals surface area contributed by atoms with Crippen LogP contribution in [-0.4, -0.2) is 60.7 Å². The van der Waals surface area contributed by atoms with E-state index in [0.29, 0.717) is 14.7 Å². The summed E-state index contributed by atoms with van der Waals surface area (Å²) < 4.78 is 23.7. The molecule has 0 radical (unpaired) electrons. The van der Waals surface area contributed by atoms with Gasteiger partial charge in [-0.15, -0.1) is 11.3 Å². The molecule has 0 aromatic carbocycles. The number of amides is 4. The fraction of sp³-hybridized carbons (Fsp3) is 0.333. The third-order valence-electron chi connectivity index (χ3n) is 4.04. The lowest BCUT2D eigenvalue weighted by Crippen LogP contribution is -2.48. The number of nitrogens with zero attached hydrogens (tertiary/aromatic N) is 2. The highest BCUT2D eigenvalue weighted by Gasteiger charge is 2.40. The number of carbonyl (C=O) groups excluding carboxylic acids is 2. The summed E-state index contributed by atoms with van der Waals surface area (Å²) >= 11 is 2.77. The van der Waals surface area contributed by atoms with Gasteiger partial charge in [-0.05, 0) is 28.3 Å². The molecule has 0 bridgehead atoms. The van der Waals surface area contributed by atoms with E-state index in [-0.39, 0.29) is 19.6 Å². The number of imide groups is 1. The predicted molar refractivity (Wildman–Crippen MR) is 98.7 cm³/mol. The molecule has 1 fully saturated rings. The van der Waals surface area contributed by atoms with E-state index in [1.165, 1.54) is 22.7 Å². The molecule has 1 saturated heterocycles. The maximum absolute atomic E-state index is 12.4. The number of carbonyl (C=O) groups is 2. The van der Waals surface area contributed by atoms with Crippen LogP contribution in [0, 0.1) is 0 Å². The molecule has 1 unspecified atom stereocenters. The minimum Gasteiger partial charge on any atom is -0.378 e. The van der Waals surface area contributed by atoms with Gasteiger partial charge in [-0.2, -0.15) is 11.3 Å². The Morgan fingerprint density at radius 2 is 2.12 bits per heavy atom. The number of sulfonamides is 1. The average molecular weight is 416 g/mol. The maximum atomic E-state index is 12.4. The van der Waals surface area contributed by atoms with Crippen molar-refractivity contribution in [3.63, 3.8) is 0 Å². The summed E-state index contributed by atoms with van der Waals surface area (Å²) in [7, 11) is -3.72. The zero-order valence-corrected chi connectivity index (χ0v) is 16.2. The highest BCUT2D eigenvalue weighted by atomic mass is 32.2. The second kappa shape index (κ2) is 6.99. The molecule has 4 amide bonds. The zero-order chi connectivity index (χ0) is 18.9. The van der Waals surface area contributed by atoms with Crippen LogP contribution in [0.2, 0.25) is 0 Å². The Kier molecular flexibility index (Phi) is 5.06. The number of hydrogen-bond acceptors (Lipinski definition) is 7. The van der Waals surface area contributed by atoms with Gasteiger partial charge in [-0.3, -0.25) is 0 Å². The lowest BCUT2D eigenvalue weighted by molar-refractivity contribution is 0.0847. The van der Waals surface area contributed by atoms with E-state index in [9.17, 15) is 23.1 Å². The minimum atomic E-state index is -3.72. The van der Waals surface area contributed by atoms with Crippen molar-refractivity contribution in [3.05, 3.63) is 44.8 Å². The van der Waals surface area contributed by atoms with Crippen LogP contribution < -0.4 is 5.32 Å². The summed E-state index contributed by atoms with van der Waals surface area (Å²) in [6.07, 6.45) is 0.915. The molecule has 2 N–H and O–H groups in total. The molecule has 1 atom stereocenters. The van der Waals surface area contributed by atoms with Crippen molar-refractivity contribution in [1.82, 2.24) is 14.5 Å². The topological polar surface area (TPSA) is 107 Å². The molecule has 1 aliphatic heterocycles. The molecule has 2 aromatic rings. The second-order valence-electron chi connectivity index (χ2n) is 5.78. The molecule has 0 aliphatic carbocycles. The first-order chi connectivity index (χ1) is 12.2. The number of thiophene rings is 2. The van der Waals surface area contributed by atoms with Gasteiger partial charge in [-0.25, -0.2) is 27.2 Å². The van der Waals surface area contributed by atoms with Gasteiger partial charge in [0.2, 0.25) is 10.0 Å². The number of nitrogens with one attached hydrogen (secondary N) is 1. The molecule has 3 heterocycles. The van der Waals surface area contributed by atoms with Crippen LogP contribution in [0.3, 0.4) is 0 Å². The normalized spacial score (nSPS) is 17.4. The van der Waals surface area contributed by atoms with Gasteiger partial charge in [0.05, 0.1) is 25.9 Å². The van der Waals surface area contributed by atoms with Crippen LogP contribution in [0.5, 0.6) is 0 Å². The highest BCUT2D eigenvalue weighted by molar-refractivity contribution is 7.88. The standard InChI is InChI=1S/C15H17N3O5S3/c1-26(22,23)18-6-5-17(14(18)20)13(19)16-10-15(21,11-4-8-24-9-11)12-3-2-7-25-12/h2-4,7-9,21H,5-6,10H2,1H3,(H,16,19). The first-order valence-electron chi connectivity index (χ1n) is 7.59. The molecule has 26 heavy (non-hydrogen) atoms. The molecule has 0 spiro atoms. The van der Waals surface area contributed by atoms with Crippen molar-refractivity contribution in [1.29, 1.82) is 0 Å². The fourth-order valence-corrected chi connectivity index (χ4v) is 5.02. The Labute approximate surface area is 158 Å². The van der Waals surface area contributed by atoms with Gasteiger partial charge < -0.3 is 10.4 Å². The van der Waals surface area contributed by atoms with Gasteiger partial charge in [0.15, 0.2) is 0 Å². The average Bonchev–Trinajstić information content (AvgIpc) is 3.31. The van der Waals surface area contributed by atoms with Crippen LogP contribution in [0.4, 0.5) is 9.59 Å². The van der Waals surface area contributed by atoms with Crippen LogP contribution in [0.1, 0.15) is 10.4 Å². The van der Waals surface area contributed by atoms with Crippen molar-refractivity contribution in [2.75, 3.05) is 25.9 Å². The third kappa shape index (κ3) is 3.47. The van der Waals surface area contributed by atoms with E-state index in [2.05, 4.69) is 5.32 Å². The third-order valence-corrected chi connectivity index (χ3v) is 6.88. The molecule has 140 valence electrons. The van der Waals surface area contributed by atoms with Crippen molar-refractivity contribution in [2.45, 2.75) is 5.60 Å². The Bertz CT molecular complexity index is 859. The van der Waals surface area contributed by atoms with E-state index < -0.39 is 27.7 Å². The van der Waals surface area contributed by atoms with Gasteiger partial charge >= 0.3 is 12.1 Å². The molecular formula is C15H17N3O5S3. The second-order valence-corrected chi connectivity index (χ2v) is 9.41. The number of urea groups is 2. The lowest BCUT2D eigenvalue weighted by atomic mass is 9.94. The van der Waals surface area contributed by atoms with Crippen LogP contribution in [0.15, 0.2) is 34.3 Å². The largest absolute Gasteiger partial charge is 0.378 e. The van der Waals surface area contributed by atoms with Crippen molar-refractivity contribution in [2.24, 2.45) is 0 Å². The Morgan fingerprint density at radius 3 is 2.65 bits per heavy atom.